The summed E-state index contributed by atoms with van der Waals surface area (Å²) in [5.74, 6) is -2.61. The molecule has 16 atom stereocenters. The average molecular weight is 809 g/mol. The second kappa shape index (κ2) is 18.9. The molecule has 322 valence electrons. The van der Waals surface area contributed by atoms with Crippen LogP contribution in [0.1, 0.15) is 120 Å². The molecule has 1 aliphatic carbocycles. The van der Waals surface area contributed by atoms with E-state index in [1.165, 1.54) is 7.11 Å². The van der Waals surface area contributed by atoms with Crippen LogP contribution in [0.3, 0.4) is 0 Å². The zero-order valence-corrected chi connectivity index (χ0v) is 35.5. The Kier molecular flexibility index (Phi) is 16.1. The number of ether oxygens (including phenoxy) is 6. The van der Waals surface area contributed by atoms with Crippen LogP contribution in [0.4, 0.5) is 0 Å². The number of aliphatic hydroxyl groups excluding tert-OH is 2. The average Bonchev–Trinajstić information content (AvgIpc) is 3.11. The Balaban J connectivity index is 1.73. The fraction of sp³-hybridized carbons (Fsp3) is 0.974. The van der Waals surface area contributed by atoms with E-state index in [9.17, 15) is 33.6 Å². The van der Waals surface area contributed by atoms with E-state index in [0.29, 0.717) is 25.8 Å². The normalized spacial score (nSPS) is 46.4. The van der Waals surface area contributed by atoms with E-state index in [1.807, 2.05) is 13.8 Å². The lowest BCUT2D eigenvalue weighted by molar-refractivity contribution is -0.315. The number of carbonyl (C=O) groups excluding carboxylic acids is 1. The van der Waals surface area contributed by atoms with Gasteiger partial charge in [-0.2, -0.15) is 0 Å². The molecule has 1 saturated carbocycles. The number of hydrogen-bond donors (Lipinski definition) is 6. The van der Waals surface area contributed by atoms with Crippen molar-refractivity contribution in [1.82, 2.24) is 10.0 Å². The molecular formula is C39H72N2O13S. The van der Waals surface area contributed by atoms with Crippen LogP contribution in [0.2, 0.25) is 0 Å². The highest BCUT2D eigenvalue weighted by atomic mass is 32.2. The standard InChI is InChI=1S/C39H72N2O13S/c1-11-29-38(8,46)21-40-20-22(2)18-37(7,45)34(54-36-31(42)28(17-23(3)50-36)41-55(47,48)27-15-13-12-14-16-27)24(4)32(25(5)35(44)52-29)53-30-19-39(9,49-10)33(43)26(6)51-30/h22-34,36,40-43,45-46H,11-21H2,1-10H3/t22-,23-,24+,25-,26+,28+,29+,30+,31-,32-,33+,34-,36+,37-,38+,39-/m1/s1. The van der Waals surface area contributed by atoms with Gasteiger partial charge in [-0.3, -0.25) is 4.79 Å². The summed E-state index contributed by atoms with van der Waals surface area (Å²) in [5.41, 5.74) is -4.06. The number of hydrogen-bond acceptors (Lipinski definition) is 14. The zero-order chi connectivity index (χ0) is 41.1. The molecular weight excluding hydrogens is 736 g/mol. The van der Waals surface area contributed by atoms with Crippen molar-refractivity contribution in [2.45, 2.75) is 204 Å². The van der Waals surface area contributed by atoms with Gasteiger partial charge in [-0.25, -0.2) is 13.1 Å². The van der Waals surface area contributed by atoms with Crippen LogP contribution < -0.4 is 10.0 Å². The number of rotatable bonds is 9. The zero-order valence-electron chi connectivity index (χ0n) is 34.7. The summed E-state index contributed by atoms with van der Waals surface area (Å²) >= 11 is 0. The number of esters is 1. The van der Waals surface area contributed by atoms with Crippen molar-refractivity contribution >= 4 is 16.0 Å². The molecule has 0 bridgehead atoms. The van der Waals surface area contributed by atoms with Crippen molar-refractivity contribution < 1.29 is 62.1 Å². The monoisotopic (exact) mass is 808 g/mol. The molecule has 3 heterocycles. The van der Waals surface area contributed by atoms with Gasteiger partial charge in [0.25, 0.3) is 0 Å². The van der Waals surface area contributed by atoms with Gasteiger partial charge in [0.05, 0.1) is 52.8 Å². The molecule has 4 rings (SSSR count). The summed E-state index contributed by atoms with van der Waals surface area (Å²) in [4.78, 5) is 14.1. The first kappa shape index (κ1) is 46.7. The molecule has 15 nitrogen and oxygen atoms in total. The van der Waals surface area contributed by atoms with Crippen LogP contribution in [0, 0.1) is 17.8 Å². The molecule has 6 N–H and O–H groups in total. The fourth-order valence-electron chi connectivity index (χ4n) is 9.20. The lowest BCUT2D eigenvalue weighted by atomic mass is 9.77. The molecule has 0 aromatic carbocycles. The number of β-amino-alcohol motifs (C(OH)–C–C–N with tert-alkyl or cyclic N) is 1. The fourth-order valence-corrected chi connectivity index (χ4v) is 11.0. The predicted octanol–water partition coefficient (Wildman–Crippen LogP) is 2.50. The Morgan fingerprint density at radius 1 is 0.945 bits per heavy atom. The topological polar surface area (TPSA) is 212 Å². The van der Waals surface area contributed by atoms with E-state index < -0.39 is 111 Å². The van der Waals surface area contributed by atoms with E-state index in [-0.39, 0.29) is 31.7 Å². The molecule has 0 radical (unpaired) electrons. The van der Waals surface area contributed by atoms with Crippen LogP contribution in [-0.2, 0) is 43.2 Å². The molecule has 4 fully saturated rings. The van der Waals surface area contributed by atoms with Crippen molar-refractivity contribution in [3.8, 4) is 0 Å². The second-order valence-corrected chi connectivity index (χ2v) is 19.8. The number of aliphatic hydroxyl groups is 4. The van der Waals surface area contributed by atoms with E-state index in [2.05, 4.69) is 10.0 Å². The third kappa shape index (κ3) is 11.4. The maximum Gasteiger partial charge on any atom is 0.311 e. The van der Waals surface area contributed by atoms with Gasteiger partial charge in [0.15, 0.2) is 12.6 Å². The van der Waals surface area contributed by atoms with E-state index in [1.54, 1.807) is 48.5 Å². The molecule has 4 aliphatic rings. The van der Waals surface area contributed by atoms with Crippen LogP contribution in [0.15, 0.2) is 0 Å². The van der Waals surface area contributed by atoms with E-state index >= 15 is 0 Å². The van der Waals surface area contributed by atoms with Crippen molar-refractivity contribution in [2.75, 3.05) is 20.2 Å². The minimum Gasteiger partial charge on any atom is -0.459 e. The first-order valence-electron chi connectivity index (χ1n) is 20.4. The molecule has 3 saturated heterocycles. The maximum absolute atomic E-state index is 14.1. The highest BCUT2D eigenvalue weighted by Gasteiger charge is 2.52. The van der Waals surface area contributed by atoms with Gasteiger partial charge in [0, 0.05) is 26.0 Å². The third-order valence-electron chi connectivity index (χ3n) is 12.5. The minimum atomic E-state index is -3.75. The smallest absolute Gasteiger partial charge is 0.311 e. The molecule has 16 heteroatoms. The van der Waals surface area contributed by atoms with Crippen LogP contribution in [-0.4, -0.2) is 138 Å². The first-order valence-corrected chi connectivity index (χ1v) is 22.0. The van der Waals surface area contributed by atoms with Crippen molar-refractivity contribution in [3.63, 3.8) is 0 Å². The highest BCUT2D eigenvalue weighted by Crippen LogP contribution is 2.39. The lowest BCUT2D eigenvalue weighted by Crippen LogP contribution is -2.61. The summed E-state index contributed by atoms with van der Waals surface area (Å²) in [6.07, 6.45) is -4.30. The summed E-state index contributed by atoms with van der Waals surface area (Å²) in [6, 6.07) is -0.905. The van der Waals surface area contributed by atoms with Crippen LogP contribution >= 0.6 is 0 Å². The number of methoxy groups -OCH3 is 1. The van der Waals surface area contributed by atoms with Crippen LogP contribution in [0.25, 0.3) is 0 Å². The number of sulfonamides is 1. The van der Waals surface area contributed by atoms with Gasteiger partial charge in [0.1, 0.15) is 23.9 Å². The SMILES string of the molecule is CC[C@@H]1OC(=O)[C@H](C)[C@H](O[C@H]2C[C@@](C)(OC)[C@@H](O)[C@H](C)O2)[C@H](C)[C@@H](O[C@@H]2O[C@H](C)C[C@H](NS(=O)(=O)C3CCCCC3)[C@H]2O)[C@](C)(O)C[C@@H](C)CNC[C@]1(C)O. The third-order valence-corrected chi connectivity index (χ3v) is 14.5. The second-order valence-electron chi connectivity index (χ2n) is 17.8. The van der Waals surface area contributed by atoms with Crippen molar-refractivity contribution in [2.24, 2.45) is 17.8 Å². The molecule has 0 aromatic heterocycles. The maximum atomic E-state index is 14.1. The minimum absolute atomic E-state index is 0.113. The van der Waals surface area contributed by atoms with Gasteiger partial charge in [-0.1, -0.05) is 40.0 Å². The van der Waals surface area contributed by atoms with Gasteiger partial charge >= 0.3 is 5.97 Å². The summed E-state index contributed by atoms with van der Waals surface area (Å²) in [5, 5.41) is 49.2. The van der Waals surface area contributed by atoms with Gasteiger partial charge < -0.3 is 54.2 Å². The summed E-state index contributed by atoms with van der Waals surface area (Å²) < 4.78 is 67.1. The predicted molar refractivity (Wildman–Crippen MR) is 204 cm³/mol. The number of nitrogens with one attached hydrogen (secondary N) is 2. The molecule has 55 heavy (non-hydrogen) atoms. The Morgan fingerprint density at radius 3 is 2.22 bits per heavy atom. The first-order chi connectivity index (χ1) is 25.5. The van der Waals surface area contributed by atoms with Gasteiger partial charge in [0.2, 0.25) is 10.0 Å². The molecule has 0 unspecified atom stereocenters. The van der Waals surface area contributed by atoms with Gasteiger partial charge in [-0.15, -0.1) is 0 Å². The van der Waals surface area contributed by atoms with E-state index in [0.717, 1.165) is 19.3 Å². The number of carbonyl (C=O) groups is 1. The van der Waals surface area contributed by atoms with Crippen LogP contribution in [0.5, 0.6) is 0 Å². The summed E-state index contributed by atoms with van der Waals surface area (Å²) in [7, 11) is -2.26. The summed E-state index contributed by atoms with van der Waals surface area (Å²) in [6.45, 7) is 16.2. The highest BCUT2D eigenvalue weighted by molar-refractivity contribution is 7.90. The van der Waals surface area contributed by atoms with E-state index in [4.69, 9.17) is 28.4 Å². The molecule has 0 amide bonds. The molecule has 0 spiro atoms. The number of cyclic esters (lactones) is 1. The quantitative estimate of drug-likeness (QED) is 0.185. The Morgan fingerprint density at radius 2 is 1.60 bits per heavy atom. The Labute approximate surface area is 328 Å². The lowest BCUT2D eigenvalue weighted by Gasteiger charge is -2.48. The van der Waals surface area contributed by atoms with Crippen molar-refractivity contribution in [3.05, 3.63) is 0 Å². The molecule has 0 aromatic rings. The Hall–Kier alpha value is -1.02. The molecule has 3 aliphatic heterocycles. The van der Waals surface area contributed by atoms with Gasteiger partial charge in [-0.05, 0) is 86.1 Å². The largest absolute Gasteiger partial charge is 0.459 e. The Bertz CT molecular complexity index is 1350. The van der Waals surface area contributed by atoms with Crippen molar-refractivity contribution in [1.29, 1.82) is 0 Å².